The smallest absolute Gasteiger partial charge is 0.410 e. The van der Waals surface area contributed by atoms with Crippen molar-refractivity contribution in [2.75, 3.05) is 26.3 Å². The molecular weight excluding hydrogens is 468 g/mol. The number of amides is 2. The van der Waals surface area contributed by atoms with E-state index < -0.39 is 11.7 Å². The van der Waals surface area contributed by atoms with Gasteiger partial charge in [-0.1, -0.05) is 42.0 Å². The zero-order chi connectivity index (χ0) is 26.6. The largest absolute Gasteiger partial charge is 0.491 e. The molecule has 0 bridgehead atoms. The summed E-state index contributed by atoms with van der Waals surface area (Å²) in [5, 5.41) is 9.03. The van der Waals surface area contributed by atoms with Crippen LogP contribution in [0.25, 0.3) is 5.57 Å². The monoisotopic (exact) mass is 506 g/mol. The molecule has 4 rings (SSSR count). The summed E-state index contributed by atoms with van der Waals surface area (Å²) in [5.74, 6) is 0.643. The summed E-state index contributed by atoms with van der Waals surface area (Å²) in [6, 6.07) is 16.1. The minimum atomic E-state index is -0.610. The van der Waals surface area contributed by atoms with E-state index in [1.165, 1.54) is 0 Å². The summed E-state index contributed by atoms with van der Waals surface area (Å²) in [6.45, 7) is 9.01. The molecule has 37 heavy (non-hydrogen) atoms. The van der Waals surface area contributed by atoms with Gasteiger partial charge in [-0.25, -0.2) is 4.79 Å². The molecule has 1 fully saturated rings. The van der Waals surface area contributed by atoms with Crippen LogP contribution in [0.4, 0.5) is 4.79 Å². The second-order valence-electron chi connectivity index (χ2n) is 10.9. The molecule has 0 aromatic heterocycles. The molecule has 198 valence electrons. The van der Waals surface area contributed by atoms with Crippen LogP contribution in [0.1, 0.15) is 56.7 Å². The molecule has 1 aliphatic carbocycles. The van der Waals surface area contributed by atoms with Gasteiger partial charge in [0.2, 0.25) is 0 Å². The summed E-state index contributed by atoms with van der Waals surface area (Å²) in [4.78, 5) is 30.7. The highest BCUT2D eigenvalue weighted by Crippen LogP contribution is 2.35. The maximum atomic E-state index is 14.2. The van der Waals surface area contributed by atoms with E-state index in [9.17, 15) is 9.59 Å². The number of ether oxygens (including phenoxy) is 2. The number of nitrogens with zero attached hydrogens (tertiary/aromatic N) is 2. The summed E-state index contributed by atoms with van der Waals surface area (Å²) < 4.78 is 11.1. The zero-order valence-electron chi connectivity index (χ0n) is 22.3. The van der Waals surface area contributed by atoms with E-state index in [0.717, 1.165) is 35.1 Å². The lowest BCUT2D eigenvalue weighted by Crippen LogP contribution is -2.44. The number of hydrogen-bond acceptors (Lipinski definition) is 5. The summed E-state index contributed by atoms with van der Waals surface area (Å²) >= 11 is 0. The Kier molecular flexibility index (Phi) is 8.22. The maximum absolute atomic E-state index is 14.2. The molecule has 7 nitrogen and oxygen atoms in total. The number of aliphatic hydroxyl groups is 1. The zero-order valence-corrected chi connectivity index (χ0v) is 22.3. The van der Waals surface area contributed by atoms with Gasteiger partial charge in [-0.3, -0.25) is 4.79 Å². The maximum Gasteiger partial charge on any atom is 0.410 e. The van der Waals surface area contributed by atoms with Gasteiger partial charge in [0.25, 0.3) is 5.91 Å². The third-order valence-electron chi connectivity index (χ3n) is 6.50. The van der Waals surface area contributed by atoms with E-state index in [1.807, 2.05) is 56.0 Å². The van der Waals surface area contributed by atoms with Crippen LogP contribution in [-0.2, 0) is 16.1 Å². The Labute approximate surface area is 219 Å². The minimum Gasteiger partial charge on any atom is -0.491 e. The highest BCUT2D eigenvalue weighted by molar-refractivity contribution is 6.03. The molecule has 7 heteroatoms. The second kappa shape index (κ2) is 11.4. The molecule has 2 aromatic rings. The Balaban J connectivity index is 1.66. The molecule has 0 atom stereocenters. The van der Waals surface area contributed by atoms with Crippen LogP contribution < -0.4 is 4.74 Å². The quantitative estimate of drug-likeness (QED) is 0.548. The molecule has 2 aliphatic rings. The van der Waals surface area contributed by atoms with Gasteiger partial charge >= 0.3 is 6.09 Å². The van der Waals surface area contributed by atoms with Gasteiger partial charge in [0.05, 0.1) is 13.2 Å². The Bertz CT molecular complexity index is 1150. The van der Waals surface area contributed by atoms with Crippen LogP contribution in [0.2, 0.25) is 0 Å². The number of hydrogen-bond donors (Lipinski definition) is 1. The Morgan fingerprint density at radius 1 is 1.11 bits per heavy atom. The molecule has 1 heterocycles. The molecule has 1 N–H and O–H groups in total. The van der Waals surface area contributed by atoms with Crippen molar-refractivity contribution in [1.29, 1.82) is 0 Å². The topological polar surface area (TPSA) is 79.3 Å². The lowest BCUT2D eigenvalue weighted by molar-refractivity contribution is -0.128. The standard InChI is InChI=1S/C30H38N2O5/c1-21-6-5-7-22(18-21)19-32(24-10-11-24)28(34)27-20-31(29(35)37-30(2,3)4)15-14-26(27)23-8-12-25(13-9-23)36-17-16-33/h5-9,12-13,18,24,33H,10-11,14-17,19-20H2,1-4H3. The predicted octanol–water partition coefficient (Wildman–Crippen LogP) is 4.95. The highest BCUT2D eigenvalue weighted by Gasteiger charge is 2.37. The van der Waals surface area contributed by atoms with Crippen LogP contribution in [0.3, 0.4) is 0 Å². The van der Waals surface area contributed by atoms with Gasteiger partial charge in [-0.2, -0.15) is 0 Å². The summed E-state index contributed by atoms with van der Waals surface area (Å²) in [5.41, 5.74) is 4.19. The predicted molar refractivity (Wildman–Crippen MR) is 143 cm³/mol. The van der Waals surface area contributed by atoms with Crippen molar-refractivity contribution in [3.8, 4) is 5.75 Å². The van der Waals surface area contributed by atoms with Crippen molar-refractivity contribution >= 4 is 17.6 Å². The van der Waals surface area contributed by atoms with E-state index in [0.29, 0.717) is 30.8 Å². The van der Waals surface area contributed by atoms with E-state index in [4.69, 9.17) is 14.6 Å². The van der Waals surface area contributed by atoms with Gasteiger partial charge in [0.15, 0.2) is 0 Å². The molecule has 1 saturated carbocycles. The van der Waals surface area contributed by atoms with E-state index in [1.54, 1.807) is 4.90 Å². The Morgan fingerprint density at radius 3 is 2.46 bits per heavy atom. The lowest BCUT2D eigenvalue weighted by atomic mass is 9.92. The van der Waals surface area contributed by atoms with Crippen LogP contribution in [0.15, 0.2) is 54.1 Å². The summed E-state index contributed by atoms with van der Waals surface area (Å²) in [7, 11) is 0. The van der Waals surface area contributed by atoms with Crippen molar-refractivity contribution < 1.29 is 24.2 Å². The van der Waals surface area contributed by atoms with Crippen molar-refractivity contribution in [3.05, 3.63) is 70.8 Å². The fraction of sp³-hybridized carbons (Fsp3) is 0.467. The van der Waals surface area contributed by atoms with Crippen LogP contribution in [0, 0.1) is 6.92 Å². The first-order valence-electron chi connectivity index (χ1n) is 13.0. The fourth-order valence-electron chi connectivity index (χ4n) is 4.61. The third kappa shape index (κ3) is 7.13. The Morgan fingerprint density at radius 2 is 1.84 bits per heavy atom. The van der Waals surface area contributed by atoms with Crippen LogP contribution in [-0.4, -0.2) is 64.9 Å². The average molecular weight is 507 g/mol. The average Bonchev–Trinajstić information content (AvgIpc) is 3.70. The number of aryl methyl sites for hydroxylation is 1. The van der Waals surface area contributed by atoms with Crippen LogP contribution in [0.5, 0.6) is 5.75 Å². The number of aliphatic hydroxyl groups excluding tert-OH is 1. The fourth-order valence-corrected chi connectivity index (χ4v) is 4.61. The van der Waals surface area contributed by atoms with Gasteiger partial charge < -0.3 is 24.4 Å². The molecule has 2 amide bonds. The van der Waals surface area contributed by atoms with E-state index in [-0.39, 0.29) is 31.7 Å². The first-order valence-corrected chi connectivity index (χ1v) is 13.0. The number of carbonyl (C=O) groups excluding carboxylic acids is 2. The molecule has 1 aliphatic heterocycles. The third-order valence-corrected chi connectivity index (χ3v) is 6.50. The molecule has 0 unspecified atom stereocenters. The van der Waals surface area contributed by atoms with Crippen molar-refractivity contribution in [1.82, 2.24) is 9.80 Å². The molecule has 2 aromatic carbocycles. The first-order chi connectivity index (χ1) is 17.6. The molecular formula is C30H38N2O5. The van der Waals surface area contributed by atoms with Crippen molar-refractivity contribution in [2.24, 2.45) is 0 Å². The van der Waals surface area contributed by atoms with E-state index in [2.05, 4.69) is 25.1 Å². The van der Waals surface area contributed by atoms with E-state index >= 15 is 0 Å². The highest BCUT2D eigenvalue weighted by atomic mass is 16.6. The second-order valence-corrected chi connectivity index (χ2v) is 10.9. The molecule has 0 radical (unpaired) electrons. The van der Waals surface area contributed by atoms with Gasteiger partial charge in [-0.15, -0.1) is 0 Å². The number of carbonyl (C=O) groups is 2. The summed E-state index contributed by atoms with van der Waals surface area (Å²) in [6.07, 6.45) is 2.14. The molecule has 0 spiro atoms. The molecule has 0 saturated heterocycles. The van der Waals surface area contributed by atoms with Gasteiger partial charge in [-0.05, 0) is 75.8 Å². The normalized spacial score (nSPS) is 16.0. The van der Waals surface area contributed by atoms with Crippen LogP contribution >= 0.6 is 0 Å². The number of rotatable bonds is 8. The number of benzene rings is 2. The Hall–Kier alpha value is -3.32. The van der Waals surface area contributed by atoms with Gasteiger partial charge in [0, 0.05) is 24.7 Å². The minimum absolute atomic E-state index is 0.0205. The first kappa shape index (κ1) is 26.7. The van der Waals surface area contributed by atoms with Gasteiger partial charge in [0.1, 0.15) is 18.0 Å². The van der Waals surface area contributed by atoms with Crippen molar-refractivity contribution in [2.45, 2.75) is 65.1 Å². The van der Waals surface area contributed by atoms with Crippen molar-refractivity contribution in [3.63, 3.8) is 0 Å². The lowest BCUT2D eigenvalue weighted by Gasteiger charge is -2.34. The SMILES string of the molecule is Cc1cccc(CN(C(=O)C2=C(c3ccc(OCCO)cc3)CCN(C(=O)OC(C)(C)C)C2)C2CC2)c1.